The van der Waals surface area contributed by atoms with E-state index in [-0.39, 0.29) is 24.0 Å². The van der Waals surface area contributed by atoms with Crippen LogP contribution in [0.5, 0.6) is 11.5 Å². The highest BCUT2D eigenvalue weighted by Crippen LogP contribution is 2.20. The van der Waals surface area contributed by atoms with Crippen LogP contribution in [0.1, 0.15) is 16.7 Å². The number of aliphatic imine (C=N–C) groups is 1. The molecule has 0 spiro atoms. The largest absolute Gasteiger partial charge is 0.491 e. The van der Waals surface area contributed by atoms with Gasteiger partial charge >= 0.3 is 0 Å². The molecule has 2 N–H and O–H groups in total. The van der Waals surface area contributed by atoms with Gasteiger partial charge in [0.25, 0.3) is 0 Å². The van der Waals surface area contributed by atoms with Crippen molar-refractivity contribution in [1.82, 2.24) is 10.6 Å². The van der Waals surface area contributed by atoms with Gasteiger partial charge < -0.3 is 24.8 Å². The number of hydrogen-bond donors (Lipinski definition) is 2. The molecule has 7 heteroatoms. The fourth-order valence-corrected chi connectivity index (χ4v) is 2.70. The molecule has 0 unspecified atom stereocenters. The number of rotatable bonds is 11. The highest BCUT2D eigenvalue weighted by molar-refractivity contribution is 14.0. The average molecular weight is 525 g/mol. The lowest BCUT2D eigenvalue weighted by molar-refractivity contribution is 0.145. The number of nitrogens with one attached hydrogen (secondary N) is 2. The van der Waals surface area contributed by atoms with Crippen molar-refractivity contribution in [3.8, 4) is 11.5 Å². The number of benzene rings is 2. The van der Waals surface area contributed by atoms with Crippen LogP contribution in [0.15, 0.2) is 60.1 Å². The Bertz CT molecular complexity index is 812. The highest BCUT2D eigenvalue weighted by Gasteiger charge is 2.07. The van der Waals surface area contributed by atoms with Crippen molar-refractivity contribution in [2.75, 3.05) is 34.0 Å². The molecule has 0 aliphatic rings. The van der Waals surface area contributed by atoms with E-state index in [1.807, 2.05) is 37.3 Å². The molecule has 0 aliphatic carbocycles. The minimum Gasteiger partial charge on any atom is -0.491 e. The first kappa shape index (κ1) is 25.8. The summed E-state index contributed by atoms with van der Waals surface area (Å²) in [6.07, 6.45) is 1.73. The number of para-hydroxylation sites is 1. The molecule has 0 heterocycles. The number of ether oxygens (including phenoxy) is 3. The van der Waals surface area contributed by atoms with E-state index in [9.17, 15) is 0 Å². The van der Waals surface area contributed by atoms with E-state index in [4.69, 9.17) is 14.2 Å². The lowest BCUT2D eigenvalue weighted by Gasteiger charge is -2.16. The van der Waals surface area contributed by atoms with Gasteiger partial charge in [0.15, 0.2) is 5.96 Å². The van der Waals surface area contributed by atoms with Gasteiger partial charge in [0, 0.05) is 38.4 Å². The Labute approximate surface area is 196 Å². The normalized spacial score (nSPS) is 10.7. The molecule has 0 fully saturated rings. The van der Waals surface area contributed by atoms with Crippen molar-refractivity contribution in [3.63, 3.8) is 0 Å². The summed E-state index contributed by atoms with van der Waals surface area (Å²) < 4.78 is 16.6. The number of nitrogens with zero attached hydrogens (tertiary/aromatic N) is 1. The fraction of sp³-hybridized carbons (Fsp3) is 0.348. The molecule has 0 radical (unpaired) electrons. The molecule has 0 saturated carbocycles. The number of halogens is 1. The molecule has 0 aromatic heterocycles. The van der Waals surface area contributed by atoms with Gasteiger partial charge in [-0.2, -0.15) is 0 Å². The second-order valence-electron chi connectivity index (χ2n) is 6.44. The first-order valence-electron chi connectivity index (χ1n) is 9.65. The zero-order valence-corrected chi connectivity index (χ0v) is 20.3. The highest BCUT2D eigenvalue weighted by atomic mass is 127. The van der Waals surface area contributed by atoms with Gasteiger partial charge in [0.05, 0.1) is 6.61 Å². The van der Waals surface area contributed by atoms with Crippen LogP contribution in [-0.2, 0) is 17.8 Å². The monoisotopic (exact) mass is 525 g/mol. The average Bonchev–Trinajstić information content (AvgIpc) is 2.74. The van der Waals surface area contributed by atoms with Crippen LogP contribution in [0.25, 0.3) is 0 Å². The van der Waals surface area contributed by atoms with Gasteiger partial charge in [-0.25, -0.2) is 0 Å². The van der Waals surface area contributed by atoms with Gasteiger partial charge in [0.1, 0.15) is 24.7 Å². The van der Waals surface area contributed by atoms with E-state index in [1.54, 1.807) is 20.2 Å². The summed E-state index contributed by atoms with van der Waals surface area (Å²) in [6, 6.07) is 14.1. The van der Waals surface area contributed by atoms with Crippen molar-refractivity contribution >= 4 is 29.9 Å². The van der Waals surface area contributed by atoms with Crippen LogP contribution in [-0.4, -0.2) is 39.9 Å². The number of guanidine groups is 1. The maximum absolute atomic E-state index is 5.86. The summed E-state index contributed by atoms with van der Waals surface area (Å²) in [7, 11) is 3.42. The second kappa shape index (κ2) is 14.7. The lowest BCUT2D eigenvalue weighted by atomic mass is 10.1. The first-order chi connectivity index (χ1) is 14.2. The molecule has 0 atom stereocenters. The number of methoxy groups -OCH3 is 1. The van der Waals surface area contributed by atoms with Gasteiger partial charge in [-0.15, -0.1) is 24.0 Å². The summed E-state index contributed by atoms with van der Waals surface area (Å²) in [5, 5.41) is 6.67. The van der Waals surface area contributed by atoms with E-state index >= 15 is 0 Å². The molecule has 0 saturated heterocycles. The van der Waals surface area contributed by atoms with Crippen LogP contribution in [0.3, 0.4) is 0 Å². The Morgan fingerprint density at radius 2 is 1.70 bits per heavy atom. The lowest BCUT2D eigenvalue weighted by Crippen LogP contribution is -2.36. The van der Waals surface area contributed by atoms with E-state index in [2.05, 4.69) is 34.3 Å². The zero-order chi connectivity index (χ0) is 20.9. The summed E-state index contributed by atoms with van der Waals surface area (Å²) in [6.45, 7) is 8.48. The van der Waals surface area contributed by atoms with Crippen molar-refractivity contribution in [1.29, 1.82) is 0 Å². The van der Waals surface area contributed by atoms with Crippen LogP contribution in [0.2, 0.25) is 0 Å². The molecule has 6 nitrogen and oxygen atoms in total. The minimum absolute atomic E-state index is 0. The molecule has 0 aliphatic heterocycles. The van der Waals surface area contributed by atoms with Crippen molar-refractivity contribution in [2.24, 2.45) is 4.99 Å². The summed E-state index contributed by atoms with van der Waals surface area (Å²) >= 11 is 0. The minimum atomic E-state index is 0. The molecule has 30 heavy (non-hydrogen) atoms. The van der Waals surface area contributed by atoms with Crippen molar-refractivity contribution in [3.05, 3.63) is 71.8 Å². The third-order valence-electron chi connectivity index (χ3n) is 4.21. The Balaban J connectivity index is 0.00000450. The summed E-state index contributed by atoms with van der Waals surface area (Å²) in [5.41, 5.74) is 3.26. The topological polar surface area (TPSA) is 64.1 Å². The summed E-state index contributed by atoms with van der Waals surface area (Å²) in [5.74, 6) is 2.39. The van der Waals surface area contributed by atoms with E-state index in [0.717, 1.165) is 28.2 Å². The molecule has 0 bridgehead atoms. The first-order valence-corrected chi connectivity index (χ1v) is 9.65. The molecule has 2 aromatic carbocycles. The number of aryl methyl sites for hydroxylation is 1. The van der Waals surface area contributed by atoms with Gasteiger partial charge in [0.2, 0.25) is 0 Å². The molecule has 0 amide bonds. The third-order valence-corrected chi connectivity index (χ3v) is 4.21. The van der Waals surface area contributed by atoms with Crippen molar-refractivity contribution in [2.45, 2.75) is 20.0 Å². The quantitative estimate of drug-likeness (QED) is 0.152. The SMILES string of the molecule is C=CCOc1ccccc1CNC(=NC)NCc1ccc(C)cc1OCCOC.I. The molecule has 164 valence electrons. The predicted molar refractivity (Wildman–Crippen MR) is 133 cm³/mol. The fourth-order valence-electron chi connectivity index (χ4n) is 2.70. The Hall–Kier alpha value is -2.26. The molecular formula is C23H32IN3O3. The van der Waals surface area contributed by atoms with E-state index in [0.29, 0.717) is 38.9 Å². The Morgan fingerprint density at radius 3 is 2.37 bits per heavy atom. The standard InChI is InChI=1S/C23H31N3O3.HI/c1-5-12-28-21-9-7-6-8-19(21)16-25-23(24-3)26-17-20-11-10-18(2)15-22(20)29-14-13-27-4;/h5-11,15H,1,12-14,16-17H2,2-4H3,(H2,24,25,26);1H. The van der Waals surface area contributed by atoms with Crippen molar-refractivity contribution < 1.29 is 14.2 Å². The maximum atomic E-state index is 5.86. The zero-order valence-electron chi connectivity index (χ0n) is 17.9. The summed E-state index contributed by atoms with van der Waals surface area (Å²) in [4.78, 5) is 4.31. The van der Waals surface area contributed by atoms with Gasteiger partial charge in [-0.1, -0.05) is 43.0 Å². The molecule has 2 aromatic rings. The van der Waals surface area contributed by atoms with E-state index < -0.39 is 0 Å². The van der Waals surface area contributed by atoms with Crippen LogP contribution < -0.4 is 20.1 Å². The van der Waals surface area contributed by atoms with Crippen LogP contribution >= 0.6 is 24.0 Å². The third kappa shape index (κ3) is 8.62. The van der Waals surface area contributed by atoms with Gasteiger partial charge in [-0.05, 0) is 24.6 Å². The van der Waals surface area contributed by atoms with Gasteiger partial charge in [-0.3, -0.25) is 4.99 Å². The Morgan fingerprint density at radius 1 is 1.00 bits per heavy atom. The predicted octanol–water partition coefficient (Wildman–Crippen LogP) is 4.07. The van der Waals surface area contributed by atoms with Crippen LogP contribution in [0, 0.1) is 6.92 Å². The second-order valence-corrected chi connectivity index (χ2v) is 6.44. The number of hydrogen-bond acceptors (Lipinski definition) is 4. The van der Waals surface area contributed by atoms with Crippen LogP contribution in [0.4, 0.5) is 0 Å². The molecule has 2 rings (SSSR count). The van der Waals surface area contributed by atoms with E-state index in [1.165, 1.54) is 0 Å². The molecular weight excluding hydrogens is 493 g/mol. The maximum Gasteiger partial charge on any atom is 0.191 e. The smallest absolute Gasteiger partial charge is 0.191 e. The Kier molecular flexibility index (Phi) is 12.6.